The van der Waals surface area contributed by atoms with Crippen LogP contribution in [0.3, 0.4) is 0 Å². The third-order valence-electron chi connectivity index (χ3n) is 3.88. The molecule has 1 N–H and O–H groups in total. The van der Waals surface area contributed by atoms with Gasteiger partial charge in [-0.05, 0) is 40.5 Å². The van der Waals surface area contributed by atoms with Crippen molar-refractivity contribution in [3.8, 4) is 0 Å². The molecule has 9 nitrogen and oxygen atoms in total. The summed E-state index contributed by atoms with van der Waals surface area (Å²) >= 11 is 15.4. The van der Waals surface area contributed by atoms with Crippen LogP contribution in [0.2, 0.25) is 10.0 Å². The molecule has 0 aliphatic rings. The van der Waals surface area contributed by atoms with Crippen LogP contribution in [0.1, 0.15) is 21.7 Å². The number of carbonyl (C=O) groups excluding carboxylic acids is 1. The van der Waals surface area contributed by atoms with E-state index >= 15 is 0 Å². The molecule has 0 aliphatic heterocycles. The third-order valence-corrected chi connectivity index (χ3v) is 5.05. The molecule has 12 heteroatoms. The van der Waals surface area contributed by atoms with Gasteiger partial charge in [-0.25, -0.2) is 0 Å². The topological polar surface area (TPSA) is 108 Å². The SMILES string of the molecule is Cc1nn(C)c(C(=O)Nc2nn(Cc3ccc(Cl)cc3Cl)cc2Br)c1[N+](=O)[O-]. The van der Waals surface area contributed by atoms with E-state index in [1.807, 2.05) is 0 Å². The van der Waals surface area contributed by atoms with Gasteiger partial charge in [-0.1, -0.05) is 29.3 Å². The number of rotatable bonds is 5. The van der Waals surface area contributed by atoms with Gasteiger partial charge < -0.3 is 5.32 Å². The Morgan fingerprint density at radius 1 is 1.36 bits per heavy atom. The lowest BCUT2D eigenvalue weighted by Crippen LogP contribution is -2.18. The van der Waals surface area contributed by atoms with Crippen LogP contribution >= 0.6 is 39.1 Å². The monoisotopic (exact) mass is 486 g/mol. The molecular weight excluding hydrogens is 475 g/mol. The van der Waals surface area contributed by atoms with Gasteiger partial charge in [-0.3, -0.25) is 24.3 Å². The fraction of sp³-hybridized carbons (Fsp3) is 0.188. The average Bonchev–Trinajstić information content (AvgIpc) is 3.08. The lowest BCUT2D eigenvalue weighted by Gasteiger charge is -2.05. The smallest absolute Gasteiger partial charge is 0.303 e. The number of nitrogens with zero attached hydrogens (tertiary/aromatic N) is 5. The van der Waals surface area contributed by atoms with E-state index in [0.29, 0.717) is 21.1 Å². The Morgan fingerprint density at radius 2 is 2.07 bits per heavy atom. The molecule has 2 aromatic heterocycles. The van der Waals surface area contributed by atoms with E-state index in [1.54, 1.807) is 29.1 Å². The summed E-state index contributed by atoms with van der Waals surface area (Å²) in [5.74, 6) is -0.478. The first-order chi connectivity index (χ1) is 13.2. The summed E-state index contributed by atoms with van der Waals surface area (Å²) in [6, 6.07) is 5.12. The fourth-order valence-corrected chi connectivity index (χ4v) is 3.56. The first-order valence-corrected chi connectivity index (χ1v) is 9.38. The van der Waals surface area contributed by atoms with Crippen molar-refractivity contribution in [3.05, 3.63) is 66.0 Å². The molecule has 1 amide bonds. The summed E-state index contributed by atoms with van der Waals surface area (Å²) in [7, 11) is 1.46. The molecular formula is C16H13BrCl2N6O3. The number of benzene rings is 1. The minimum absolute atomic E-state index is 0.152. The predicted octanol–water partition coefficient (Wildman–Crippen LogP) is 4.20. The molecule has 3 rings (SSSR count). The van der Waals surface area contributed by atoms with Crippen molar-refractivity contribution in [1.29, 1.82) is 0 Å². The van der Waals surface area contributed by atoms with Crippen LogP contribution in [-0.2, 0) is 13.6 Å². The van der Waals surface area contributed by atoms with E-state index in [1.165, 1.54) is 18.7 Å². The van der Waals surface area contributed by atoms with E-state index in [9.17, 15) is 14.9 Å². The van der Waals surface area contributed by atoms with Gasteiger partial charge in [0.2, 0.25) is 5.69 Å². The number of amides is 1. The summed E-state index contributed by atoms with van der Waals surface area (Å²) in [6.07, 6.45) is 1.66. The number of carbonyl (C=O) groups is 1. The van der Waals surface area contributed by atoms with Crippen molar-refractivity contribution in [3.63, 3.8) is 0 Å². The summed E-state index contributed by atoms with van der Waals surface area (Å²) in [4.78, 5) is 23.2. The van der Waals surface area contributed by atoms with Crippen molar-refractivity contribution in [2.24, 2.45) is 7.05 Å². The summed E-state index contributed by atoms with van der Waals surface area (Å²) in [5.41, 5.74) is 0.435. The maximum absolute atomic E-state index is 12.6. The molecule has 0 bridgehead atoms. The number of halogens is 3. The lowest BCUT2D eigenvalue weighted by atomic mass is 10.2. The zero-order valence-electron chi connectivity index (χ0n) is 14.6. The zero-order chi connectivity index (χ0) is 20.6. The Morgan fingerprint density at radius 3 is 2.71 bits per heavy atom. The van der Waals surface area contributed by atoms with Crippen molar-refractivity contribution in [1.82, 2.24) is 19.6 Å². The summed E-state index contributed by atoms with van der Waals surface area (Å²) < 4.78 is 3.24. The Hall–Kier alpha value is -2.43. The van der Waals surface area contributed by atoms with E-state index in [0.717, 1.165) is 5.56 Å². The van der Waals surface area contributed by atoms with Crippen molar-refractivity contribution < 1.29 is 9.72 Å². The molecule has 0 spiro atoms. The number of aromatic nitrogens is 4. The van der Waals surface area contributed by atoms with E-state index in [4.69, 9.17) is 23.2 Å². The molecule has 0 fully saturated rings. The van der Waals surface area contributed by atoms with Crippen LogP contribution in [0.4, 0.5) is 11.5 Å². The summed E-state index contributed by atoms with van der Waals surface area (Å²) in [5, 5.41) is 23.1. The molecule has 0 aliphatic carbocycles. The van der Waals surface area contributed by atoms with Gasteiger partial charge in [-0.2, -0.15) is 10.2 Å². The summed E-state index contributed by atoms with van der Waals surface area (Å²) in [6.45, 7) is 1.81. The molecule has 28 heavy (non-hydrogen) atoms. The second kappa shape index (κ2) is 7.90. The van der Waals surface area contributed by atoms with Crippen LogP contribution in [-0.4, -0.2) is 30.4 Å². The van der Waals surface area contributed by atoms with E-state index in [-0.39, 0.29) is 22.9 Å². The minimum Gasteiger partial charge on any atom is -0.303 e. The Labute approximate surface area is 177 Å². The standard InChI is InChI=1S/C16H13BrCl2N6O3/c1-8-13(25(27)28)14(23(2)21-8)16(26)20-15-11(17)7-24(22-15)6-9-3-4-10(18)5-12(9)19/h3-5,7H,6H2,1-2H3,(H,20,22,26). The fourth-order valence-electron chi connectivity index (χ4n) is 2.67. The van der Waals surface area contributed by atoms with Crippen LogP contribution in [0, 0.1) is 17.0 Å². The van der Waals surface area contributed by atoms with Gasteiger partial charge in [0.25, 0.3) is 5.91 Å². The molecule has 1 aromatic carbocycles. The second-order valence-corrected chi connectivity index (χ2v) is 7.57. The zero-order valence-corrected chi connectivity index (χ0v) is 17.7. The minimum atomic E-state index is -0.690. The van der Waals surface area contributed by atoms with Gasteiger partial charge >= 0.3 is 5.69 Å². The highest BCUT2D eigenvalue weighted by Crippen LogP contribution is 2.27. The van der Waals surface area contributed by atoms with Crippen molar-refractivity contribution in [2.75, 3.05) is 5.32 Å². The second-order valence-electron chi connectivity index (χ2n) is 5.88. The highest BCUT2D eigenvalue weighted by atomic mass is 79.9. The van der Waals surface area contributed by atoms with E-state index in [2.05, 4.69) is 31.4 Å². The van der Waals surface area contributed by atoms with Crippen molar-refractivity contribution >= 4 is 56.5 Å². The van der Waals surface area contributed by atoms with Gasteiger partial charge in [0.05, 0.1) is 15.9 Å². The number of hydrogen-bond acceptors (Lipinski definition) is 5. The maximum Gasteiger partial charge on any atom is 0.322 e. The molecule has 0 unspecified atom stereocenters. The van der Waals surface area contributed by atoms with Gasteiger partial charge in [0.15, 0.2) is 5.82 Å². The maximum atomic E-state index is 12.6. The number of nitro groups is 1. The number of nitrogens with one attached hydrogen (secondary N) is 1. The van der Waals surface area contributed by atoms with Gasteiger partial charge in [-0.15, -0.1) is 0 Å². The Bertz CT molecular complexity index is 1090. The Balaban J connectivity index is 1.85. The normalized spacial score (nSPS) is 10.9. The van der Waals surface area contributed by atoms with Crippen molar-refractivity contribution in [2.45, 2.75) is 13.5 Å². The molecule has 3 aromatic rings. The highest BCUT2D eigenvalue weighted by molar-refractivity contribution is 9.10. The van der Waals surface area contributed by atoms with Gasteiger partial charge in [0.1, 0.15) is 5.69 Å². The largest absolute Gasteiger partial charge is 0.322 e. The average molecular weight is 488 g/mol. The molecule has 0 saturated heterocycles. The molecule has 2 heterocycles. The lowest BCUT2D eigenvalue weighted by molar-refractivity contribution is -0.385. The van der Waals surface area contributed by atoms with Crippen LogP contribution in [0.25, 0.3) is 0 Å². The Kier molecular flexibility index (Phi) is 5.73. The molecule has 146 valence electrons. The third kappa shape index (κ3) is 4.03. The van der Waals surface area contributed by atoms with Crippen LogP contribution in [0.15, 0.2) is 28.9 Å². The molecule has 0 atom stereocenters. The quantitative estimate of drug-likeness (QED) is 0.428. The highest BCUT2D eigenvalue weighted by Gasteiger charge is 2.30. The van der Waals surface area contributed by atoms with Gasteiger partial charge in [0, 0.05) is 23.3 Å². The van der Waals surface area contributed by atoms with E-state index < -0.39 is 10.8 Å². The first-order valence-electron chi connectivity index (χ1n) is 7.83. The van der Waals surface area contributed by atoms with Crippen LogP contribution in [0.5, 0.6) is 0 Å². The number of anilines is 1. The number of hydrogen-bond donors (Lipinski definition) is 1. The molecule has 0 saturated carbocycles. The molecule has 0 radical (unpaired) electrons. The number of aryl methyl sites for hydroxylation is 2. The van der Waals surface area contributed by atoms with Crippen LogP contribution < -0.4 is 5.32 Å². The predicted molar refractivity (Wildman–Crippen MR) is 108 cm³/mol. The first kappa shape index (κ1) is 20.3.